The van der Waals surface area contributed by atoms with Crippen molar-refractivity contribution in [2.45, 2.75) is 124 Å². The van der Waals surface area contributed by atoms with E-state index < -0.39 is 0 Å². The highest BCUT2D eigenvalue weighted by Gasteiger charge is 2.37. The lowest BCUT2D eigenvalue weighted by atomic mass is 9.82. The minimum atomic E-state index is -0.214. The summed E-state index contributed by atoms with van der Waals surface area (Å²) in [5, 5.41) is 0. The second-order valence-electron chi connectivity index (χ2n) is 25.8. The van der Waals surface area contributed by atoms with E-state index in [1.165, 1.54) is 50.1 Å². The molecule has 10 rings (SSSR count). The molecule has 0 bridgehead atoms. The van der Waals surface area contributed by atoms with Crippen molar-refractivity contribution >= 4 is 67.1 Å². The van der Waals surface area contributed by atoms with E-state index in [4.69, 9.17) is 0 Å². The molecule has 0 radical (unpaired) electrons. The van der Waals surface area contributed by atoms with Crippen molar-refractivity contribution in [3.05, 3.63) is 244 Å². The number of hydrogen-bond donors (Lipinski definition) is 0. The van der Waals surface area contributed by atoms with Crippen LogP contribution in [0.1, 0.15) is 130 Å². The first-order chi connectivity index (χ1) is 36.4. The predicted octanol–water partition coefficient (Wildman–Crippen LogP) is 22.0. The van der Waals surface area contributed by atoms with E-state index in [1.807, 2.05) is 0 Å². The van der Waals surface area contributed by atoms with Gasteiger partial charge in [-0.15, -0.1) is 0 Å². The number of fused-ring (bicyclic) bond motifs is 3. The van der Waals surface area contributed by atoms with Gasteiger partial charge in [0.05, 0.1) is 21.5 Å². The van der Waals surface area contributed by atoms with Crippen LogP contribution >= 0.6 is 15.9 Å². The van der Waals surface area contributed by atoms with Gasteiger partial charge in [0.2, 0.25) is 0 Å². The summed E-state index contributed by atoms with van der Waals surface area (Å²) in [5.74, 6) is 0. The molecule has 4 heteroatoms. The molecule has 0 unspecified atom stereocenters. The second-order valence-corrected chi connectivity index (χ2v) is 26.6. The van der Waals surface area contributed by atoms with Crippen LogP contribution in [-0.2, 0) is 27.1 Å². The van der Waals surface area contributed by atoms with E-state index in [9.17, 15) is 0 Å². The van der Waals surface area contributed by atoms with Gasteiger partial charge in [-0.1, -0.05) is 218 Å². The van der Waals surface area contributed by atoms with Crippen molar-refractivity contribution < 1.29 is 0 Å². The van der Waals surface area contributed by atoms with E-state index in [1.54, 1.807) is 0 Å². The molecular weight excluding hydrogens is 999 g/mol. The maximum atomic E-state index is 4.46. The zero-order valence-corrected chi connectivity index (χ0v) is 49.4. The van der Waals surface area contributed by atoms with Crippen molar-refractivity contribution in [2.24, 2.45) is 0 Å². The van der Waals surface area contributed by atoms with Gasteiger partial charge < -0.3 is 14.7 Å². The van der Waals surface area contributed by atoms with Gasteiger partial charge in [-0.05, 0) is 173 Å². The van der Waals surface area contributed by atoms with E-state index in [0.29, 0.717) is 0 Å². The van der Waals surface area contributed by atoms with Crippen LogP contribution in [0.5, 0.6) is 0 Å². The smallest absolute Gasteiger partial charge is 0.0657 e. The standard InChI is InChI=1S/C73H76BrN3/c1-69(2,3)50-31-37-54(38-32-50)75(55-39-33-51(34-40-55)70(4,5)6)66-45-53(72(10,11)12)46-67(68(66)74)77(59-43-44-62-61-28-18-20-29-63(61)73(13,14)64(62)48-59)58-26-22-25-57(47-58)76(56-41-35-52(36-42-56)71(7,8)9)65-30-21-19-27-60(65)49-23-16-15-17-24-49/h15-48H,1-14H3. The van der Waals surface area contributed by atoms with Crippen molar-refractivity contribution in [3.8, 4) is 22.3 Å². The second kappa shape index (κ2) is 20.0. The van der Waals surface area contributed by atoms with E-state index in [0.717, 1.165) is 61.2 Å². The molecule has 0 amide bonds. The molecule has 0 saturated heterocycles. The molecule has 3 nitrogen and oxygen atoms in total. The monoisotopic (exact) mass is 1070 g/mol. The fraction of sp³-hybridized carbons (Fsp3) is 0.260. The molecule has 0 N–H and O–H groups in total. The summed E-state index contributed by atoms with van der Waals surface area (Å²) in [6.07, 6.45) is 0. The largest absolute Gasteiger partial charge is 0.310 e. The molecule has 0 aromatic heterocycles. The van der Waals surface area contributed by atoms with Gasteiger partial charge in [-0.2, -0.15) is 0 Å². The number of halogens is 1. The highest BCUT2D eigenvalue weighted by molar-refractivity contribution is 9.10. The third-order valence-electron chi connectivity index (χ3n) is 15.8. The van der Waals surface area contributed by atoms with Gasteiger partial charge in [0.1, 0.15) is 0 Å². The minimum Gasteiger partial charge on any atom is -0.310 e. The molecule has 0 atom stereocenters. The lowest BCUT2D eigenvalue weighted by molar-refractivity contribution is 0.589. The summed E-state index contributed by atoms with van der Waals surface area (Å²) in [6.45, 7) is 32.3. The summed E-state index contributed by atoms with van der Waals surface area (Å²) in [4.78, 5) is 7.39. The lowest BCUT2D eigenvalue weighted by Crippen LogP contribution is -2.20. The first-order valence-electron chi connectivity index (χ1n) is 27.4. The van der Waals surface area contributed by atoms with E-state index >= 15 is 0 Å². The quantitative estimate of drug-likeness (QED) is 0.135. The van der Waals surface area contributed by atoms with Crippen molar-refractivity contribution in [2.75, 3.05) is 14.7 Å². The Morgan fingerprint density at radius 1 is 0.299 bits per heavy atom. The number of para-hydroxylation sites is 1. The van der Waals surface area contributed by atoms with Crippen LogP contribution in [0.25, 0.3) is 22.3 Å². The molecule has 0 saturated carbocycles. The molecule has 1 aliphatic rings. The fourth-order valence-corrected chi connectivity index (χ4v) is 11.7. The van der Waals surface area contributed by atoms with Crippen LogP contribution in [0.3, 0.4) is 0 Å². The maximum Gasteiger partial charge on any atom is 0.0657 e. The van der Waals surface area contributed by atoms with Gasteiger partial charge in [-0.25, -0.2) is 0 Å². The molecule has 9 aromatic carbocycles. The van der Waals surface area contributed by atoms with Crippen LogP contribution in [0.2, 0.25) is 0 Å². The van der Waals surface area contributed by atoms with Crippen LogP contribution in [0.15, 0.2) is 211 Å². The van der Waals surface area contributed by atoms with E-state index in [2.05, 4.69) is 334 Å². The maximum absolute atomic E-state index is 4.46. The number of rotatable bonds is 10. The third-order valence-corrected chi connectivity index (χ3v) is 16.6. The fourth-order valence-electron chi connectivity index (χ4n) is 11.1. The topological polar surface area (TPSA) is 9.72 Å². The van der Waals surface area contributed by atoms with Crippen molar-refractivity contribution in [1.29, 1.82) is 0 Å². The third kappa shape index (κ3) is 10.4. The Morgan fingerprint density at radius 2 is 0.675 bits per heavy atom. The number of nitrogens with zero attached hydrogens (tertiary/aromatic N) is 3. The number of benzene rings is 9. The molecule has 9 aromatic rings. The Hall–Kier alpha value is -7.14. The van der Waals surface area contributed by atoms with Crippen LogP contribution in [0, 0.1) is 0 Å². The Kier molecular flexibility index (Phi) is 13.8. The van der Waals surface area contributed by atoms with Crippen molar-refractivity contribution in [1.82, 2.24) is 0 Å². The zero-order valence-electron chi connectivity index (χ0n) is 47.8. The highest BCUT2D eigenvalue weighted by Crippen LogP contribution is 2.54. The first kappa shape index (κ1) is 53.3. The predicted molar refractivity (Wildman–Crippen MR) is 336 cm³/mol. The lowest BCUT2D eigenvalue weighted by Gasteiger charge is -2.35. The summed E-state index contributed by atoms with van der Waals surface area (Å²) in [7, 11) is 0. The Labute approximate surface area is 469 Å². The molecule has 0 aliphatic heterocycles. The van der Waals surface area contributed by atoms with Crippen LogP contribution < -0.4 is 14.7 Å². The van der Waals surface area contributed by atoms with Crippen LogP contribution in [0.4, 0.5) is 51.2 Å². The van der Waals surface area contributed by atoms with Gasteiger partial charge in [-0.3, -0.25) is 0 Å². The minimum absolute atomic E-state index is 0.00663. The van der Waals surface area contributed by atoms with Gasteiger partial charge in [0.15, 0.2) is 0 Å². The van der Waals surface area contributed by atoms with Crippen LogP contribution in [-0.4, -0.2) is 0 Å². The zero-order chi connectivity index (χ0) is 54.8. The summed E-state index contributed by atoms with van der Waals surface area (Å²) >= 11 is 4.46. The SMILES string of the molecule is CC(C)(C)c1ccc(N(c2cccc(N(c3ccc4c(c3)C(C)(C)c3ccccc3-4)c3cc(C(C)(C)C)cc(N(c4ccc(C(C)(C)C)cc4)c4ccc(C(C)(C)C)cc4)c3Br)c2)c2ccccc2-c2ccccc2)cc1. The molecule has 0 spiro atoms. The summed E-state index contributed by atoms with van der Waals surface area (Å²) < 4.78 is 0.989. The normalized spacial score (nSPS) is 13.2. The van der Waals surface area contributed by atoms with Gasteiger partial charge in [0.25, 0.3) is 0 Å². The Bertz CT molecular complexity index is 3520. The first-order valence-corrected chi connectivity index (χ1v) is 28.2. The van der Waals surface area contributed by atoms with Gasteiger partial charge in [0, 0.05) is 45.1 Å². The van der Waals surface area contributed by atoms with Gasteiger partial charge >= 0.3 is 0 Å². The summed E-state index contributed by atoms with van der Waals surface area (Å²) in [5.41, 5.74) is 22.0. The molecule has 0 heterocycles. The van der Waals surface area contributed by atoms with E-state index in [-0.39, 0.29) is 27.1 Å². The molecule has 390 valence electrons. The number of anilines is 9. The average molecular weight is 1080 g/mol. The Balaban J connectivity index is 1.25. The number of hydrogen-bond acceptors (Lipinski definition) is 3. The van der Waals surface area contributed by atoms with Crippen molar-refractivity contribution in [3.63, 3.8) is 0 Å². The highest BCUT2D eigenvalue weighted by atomic mass is 79.9. The Morgan fingerprint density at radius 3 is 1.16 bits per heavy atom. The summed E-state index contributed by atoms with van der Waals surface area (Å²) in [6, 6.07) is 77.2. The molecule has 1 aliphatic carbocycles. The molecule has 77 heavy (non-hydrogen) atoms. The molecular formula is C73H76BrN3. The average Bonchev–Trinajstić information content (AvgIpc) is 3.69. The molecule has 0 fully saturated rings.